The second-order valence-electron chi connectivity index (χ2n) is 7.17. The summed E-state index contributed by atoms with van der Waals surface area (Å²) in [5.74, 6) is -0.431. The molecule has 4 amide bonds. The van der Waals surface area contributed by atoms with Gasteiger partial charge >= 0.3 is 6.03 Å². The van der Waals surface area contributed by atoms with Crippen molar-refractivity contribution in [3.63, 3.8) is 0 Å². The molecule has 0 saturated carbocycles. The Balaban J connectivity index is 2.14. The van der Waals surface area contributed by atoms with Crippen LogP contribution in [-0.2, 0) is 15.1 Å². The first-order valence-electron chi connectivity index (χ1n) is 8.88. The van der Waals surface area contributed by atoms with Gasteiger partial charge < -0.3 is 10.6 Å². The molecule has 0 aliphatic carbocycles. The van der Waals surface area contributed by atoms with Gasteiger partial charge in [0.1, 0.15) is 5.54 Å². The van der Waals surface area contributed by atoms with E-state index >= 15 is 0 Å². The lowest BCUT2D eigenvalue weighted by atomic mass is 9.87. The van der Waals surface area contributed by atoms with E-state index in [9.17, 15) is 14.4 Å². The number of hydrogen-bond donors (Lipinski definition) is 2. The molecule has 1 aromatic rings. The number of nitrogens with one attached hydrogen (secondary N) is 2. The molecule has 142 valence electrons. The molecule has 0 radical (unpaired) electrons. The molecule has 1 saturated heterocycles. The minimum absolute atomic E-state index is 0.0434. The maximum atomic E-state index is 13.1. The molecule has 26 heavy (non-hydrogen) atoms. The molecule has 1 atom stereocenters. The fourth-order valence-corrected chi connectivity index (χ4v) is 3.14. The average Bonchev–Trinajstić information content (AvgIpc) is 2.79. The normalized spacial score (nSPS) is 20.0. The van der Waals surface area contributed by atoms with E-state index in [2.05, 4.69) is 10.6 Å². The maximum absolute atomic E-state index is 13.1. The molecule has 2 rings (SSSR count). The van der Waals surface area contributed by atoms with Crippen molar-refractivity contribution < 1.29 is 14.4 Å². The monoisotopic (exact) mass is 360 g/mol. The summed E-state index contributed by atoms with van der Waals surface area (Å²) in [6.45, 7) is 7.78. The molecule has 1 aliphatic heterocycles. The van der Waals surface area contributed by atoms with Crippen LogP contribution in [0.3, 0.4) is 0 Å². The molecule has 1 unspecified atom stereocenters. The Labute approximate surface area is 154 Å². The van der Waals surface area contributed by atoms with Crippen LogP contribution >= 0.6 is 0 Å². The van der Waals surface area contributed by atoms with Crippen molar-refractivity contribution in [2.45, 2.75) is 45.7 Å². The molecule has 1 aromatic carbocycles. The highest BCUT2D eigenvalue weighted by atomic mass is 16.2. The van der Waals surface area contributed by atoms with Gasteiger partial charge in [-0.3, -0.25) is 14.5 Å². The summed E-state index contributed by atoms with van der Waals surface area (Å²) in [5.41, 5.74) is 0.808. The van der Waals surface area contributed by atoms with Crippen LogP contribution in [0.15, 0.2) is 24.3 Å². The minimum atomic E-state index is -1.05. The lowest BCUT2D eigenvalue weighted by molar-refractivity contribution is -0.134. The minimum Gasteiger partial charge on any atom is -0.353 e. The maximum Gasteiger partial charge on any atom is 0.326 e. The van der Waals surface area contributed by atoms with Crippen LogP contribution in [0, 0.1) is 6.92 Å². The second kappa shape index (κ2) is 7.86. The Morgan fingerprint density at radius 1 is 1.27 bits per heavy atom. The topological polar surface area (TPSA) is 81.8 Å². The van der Waals surface area contributed by atoms with E-state index in [-0.39, 0.29) is 31.1 Å². The molecule has 1 fully saturated rings. The fourth-order valence-electron chi connectivity index (χ4n) is 3.14. The largest absolute Gasteiger partial charge is 0.353 e. The first kappa shape index (κ1) is 19.9. The van der Waals surface area contributed by atoms with Gasteiger partial charge in [0.15, 0.2) is 0 Å². The van der Waals surface area contributed by atoms with Crippen molar-refractivity contribution in [2.75, 3.05) is 20.3 Å². The van der Waals surface area contributed by atoms with E-state index in [4.69, 9.17) is 0 Å². The lowest BCUT2D eigenvalue weighted by Gasteiger charge is -2.27. The molecular weight excluding hydrogens is 332 g/mol. The first-order chi connectivity index (χ1) is 12.2. The number of carbonyl (C=O) groups is 3. The first-order valence-corrected chi connectivity index (χ1v) is 8.88. The van der Waals surface area contributed by atoms with Crippen molar-refractivity contribution >= 4 is 17.8 Å². The predicted octanol–water partition coefficient (Wildman–Crippen LogP) is 1.57. The predicted molar refractivity (Wildman–Crippen MR) is 99.3 cm³/mol. The van der Waals surface area contributed by atoms with Gasteiger partial charge in [-0.1, -0.05) is 36.8 Å². The van der Waals surface area contributed by atoms with Crippen molar-refractivity contribution in [3.05, 3.63) is 35.4 Å². The van der Waals surface area contributed by atoms with Crippen molar-refractivity contribution in [3.8, 4) is 0 Å². The molecular formula is C19H28N4O3. The Morgan fingerprint density at radius 2 is 1.88 bits per heavy atom. The number of benzene rings is 1. The summed E-state index contributed by atoms with van der Waals surface area (Å²) in [4.78, 5) is 40.2. The van der Waals surface area contributed by atoms with Crippen LogP contribution in [0.1, 0.15) is 38.3 Å². The molecule has 0 aromatic heterocycles. The zero-order valence-corrected chi connectivity index (χ0v) is 16.1. The van der Waals surface area contributed by atoms with Crippen LogP contribution in [-0.4, -0.2) is 53.9 Å². The van der Waals surface area contributed by atoms with Gasteiger partial charge in [-0.2, -0.15) is 0 Å². The molecule has 0 bridgehead atoms. The SMILES string of the molecule is CCC1(c2ccc(C)cc2)NC(=O)N(CN(C)CC(=O)NC(C)C)C1=O. The number of nitrogens with zero attached hydrogens (tertiary/aromatic N) is 2. The molecule has 7 heteroatoms. The summed E-state index contributed by atoms with van der Waals surface area (Å²) in [7, 11) is 1.71. The van der Waals surface area contributed by atoms with Crippen LogP contribution in [0.2, 0.25) is 0 Å². The van der Waals surface area contributed by atoms with E-state index in [1.807, 2.05) is 52.0 Å². The fraction of sp³-hybridized carbons (Fsp3) is 0.526. The molecule has 1 heterocycles. The van der Waals surface area contributed by atoms with E-state index < -0.39 is 11.6 Å². The molecule has 0 spiro atoms. The van der Waals surface area contributed by atoms with Crippen LogP contribution in [0.5, 0.6) is 0 Å². The van der Waals surface area contributed by atoms with Crippen LogP contribution in [0.25, 0.3) is 0 Å². The average molecular weight is 360 g/mol. The van der Waals surface area contributed by atoms with Gasteiger partial charge in [0.2, 0.25) is 5.91 Å². The second-order valence-corrected chi connectivity index (χ2v) is 7.17. The summed E-state index contributed by atoms with van der Waals surface area (Å²) >= 11 is 0. The highest BCUT2D eigenvalue weighted by molar-refractivity contribution is 6.07. The van der Waals surface area contributed by atoms with Gasteiger partial charge in [-0.05, 0) is 39.8 Å². The number of rotatable bonds is 7. The third-order valence-electron chi connectivity index (χ3n) is 4.50. The van der Waals surface area contributed by atoms with Crippen LogP contribution in [0.4, 0.5) is 4.79 Å². The number of likely N-dealkylation sites (N-methyl/N-ethyl adjacent to an activating group) is 1. The van der Waals surface area contributed by atoms with Gasteiger partial charge in [0.25, 0.3) is 5.91 Å². The van der Waals surface area contributed by atoms with Crippen molar-refractivity contribution in [1.82, 2.24) is 20.4 Å². The van der Waals surface area contributed by atoms with E-state index in [0.29, 0.717) is 6.42 Å². The van der Waals surface area contributed by atoms with E-state index in [1.165, 1.54) is 4.90 Å². The smallest absolute Gasteiger partial charge is 0.326 e. The quantitative estimate of drug-likeness (QED) is 0.723. The Kier molecular flexibility index (Phi) is 6.02. The van der Waals surface area contributed by atoms with Gasteiger partial charge in [0, 0.05) is 6.04 Å². The van der Waals surface area contributed by atoms with Gasteiger partial charge in [0.05, 0.1) is 13.2 Å². The van der Waals surface area contributed by atoms with Crippen LogP contribution < -0.4 is 10.6 Å². The van der Waals surface area contributed by atoms with Crippen molar-refractivity contribution in [1.29, 1.82) is 0 Å². The van der Waals surface area contributed by atoms with E-state index in [0.717, 1.165) is 11.1 Å². The summed E-state index contributed by atoms with van der Waals surface area (Å²) in [6, 6.07) is 7.21. The lowest BCUT2D eigenvalue weighted by Crippen LogP contribution is -2.46. The number of amides is 4. The number of carbonyl (C=O) groups excluding carboxylic acids is 3. The molecule has 2 N–H and O–H groups in total. The number of urea groups is 1. The number of hydrogen-bond acceptors (Lipinski definition) is 4. The number of imide groups is 1. The molecule has 1 aliphatic rings. The third kappa shape index (κ3) is 4.04. The third-order valence-corrected chi connectivity index (χ3v) is 4.50. The standard InChI is InChI=1S/C19H28N4O3/c1-6-19(15-9-7-14(4)8-10-15)17(25)23(18(26)21-19)12-22(5)11-16(24)20-13(2)3/h7-10,13H,6,11-12H2,1-5H3,(H,20,24)(H,21,26). The summed E-state index contributed by atoms with van der Waals surface area (Å²) in [5, 5.41) is 5.65. The van der Waals surface area contributed by atoms with Crippen molar-refractivity contribution in [2.24, 2.45) is 0 Å². The summed E-state index contributed by atoms with van der Waals surface area (Å²) < 4.78 is 0. The molecule has 7 nitrogen and oxygen atoms in total. The number of aryl methyl sites for hydroxylation is 1. The Hall–Kier alpha value is -2.41. The highest BCUT2D eigenvalue weighted by Gasteiger charge is 2.51. The van der Waals surface area contributed by atoms with E-state index in [1.54, 1.807) is 11.9 Å². The summed E-state index contributed by atoms with van der Waals surface area (Å²) in [6.07, 6.45) is 0.453. The van der Waals surface area contributed by atoms with Gasteiger partial charge in [-0.25, -0.2) is 9.69 Å². The Morgan fingerprint density at radius 3 is 2.42 bits per heavy atom. The Bertz CT molecular complexity index is 687. The zero-order chi connectivity index (χ0) is 19.5. The van der Waals surface area contributed by atoms with Gasteiger partial charge in [-0.15, -0.1) is 0 Å². The zero-order valence-electron chi connectivity index (χ0n) is 16.1. The highest BCUT2D eigenvalue weighted by Crippen LogP contribution is 2.32.